The van der Waals surface area contributed by atoms with Crippen LogP contribution in [0, 0.1) is 0 Å². The summed E-state index contributed by atoms with van der Waals surface area (Å²) in [5.74, 6) is 0.686. The molecule has 0 aliphatic carbocycles. The molecule has 0 unspecified atom stereocenters. The third kappa shape index (κ3) is 1.76. The van der Waals surface area contributed by atoms with Gasteiger partial charge in [0.15, 0.2) is 17.8 Å². The lowest BCUT2D eigenvalue weighted by Crippen LogP contribution is -1.91. The number of nitrogens with zero attached hydrogens (tertiary/aromatic N) is 3. The number of carbonyl (C=O) groups is 1. The van der Waals surface area contributed by atoms with Gasteiger partial charge in [-0.05, 0) is 36.4 Å². The number of carbonyl (C=O) groups excluding carboxylic acids is 1. The quantitative estimate of drug-likeness (QED) is 0.663. The number of benzene rings is 1. The van der Waals surface area contributed by atoms with E-state index in [-0.39, 0.29) is 0 Å². The Balaban J connectivity index is 2.22. The summed E-state index contributed by atoms with van der Waals surface area (Å²) in [6.45, 7) is 0. The van der Waals surface area contributed by atoms with Gasteiger partial charge in [-0.15, -0.1) is 10.2 Å². The van der Waals surface area contributed by atoms with Crippen molar-refractivity contribution < 1.29 is 4.79 Å². The maximum Gasteiger partial charge on any atom is 0.168 e. The highest BCUT2D eigenvalue weighted by atomic mass is 35.5. The minimum atomic E-state index is 0.581. The third-order valence-electron chi connectivity index (χ3n) is 2.66. The molecule has 2 heterocycles. The molecule has 0 atom stereocenters. The summed E-state index contributed by atoms with van der Waals surface area (Å²) in [4.78, 5) is 10.8. The fraction of sp³-hybridized carbons (Fsp3) is 0. The lowest BCUT2D eigenvalue weighted by atomic mass is 10.2. The van der Waals surface area contributed by atoms with E-state index in [1.807, 2.05) is 12.1 Å². The van der Waals surface area contributed by atoms with E-state index in [1.165, 1.54) is 0 Å². The van der Waals surface area contributed by atoms with Crippen molar-refractivity contribution in [3.8, 4) is 11.4 Å². The van der Waals surface area contributed by atoms with Crippen molar-refractivity contribution >= 4 is 23.5 Å². The van der Waals surface area contributed by atoms with Crippen LogP contribution in [0.4, 0.5) is 0 Å². The first-order valence-electron chi connectivity index (χ1n) is 5.34. The average molecular weight is 258 g/mol. The Labute approximate surface area is 108 Å². The van der Waals surface area contributed by atoms with Crippen LogP contribution in [0.3, 0.4) is 0 Å². The number of hydrogen-bond donors (Lipinski definition) is 0. The summed E-state index contributed by atoms with van der Waals surface area (Å²) < 4.78 is 1.78. The van der Waals surface area contributed by atoms with E-state index < -0.39 is 0 Å². The van der Waals surface area contributed by atoms with Crippen molar-refractivity contribution in [3.63, 3.8) is 0 Å². The smallest absolute Gasteiger partial charge is 0.168 e. The summed E-state index contributed by atoms with van der Waals surface area (Å²) in [6, 6.07) is 10.8. The molecule has 2 aromatic heterocycles. The van der Waals surface area contributed by atoms with E-state index in [1.54, 1.807) is 34.9 Å². The zero-order valence-corrected chi connectivity index (χ0v) is 10.0. The van der Waals surface area contributed by atoms with Gasteiger partial charge < -0.3 is 0 Å². The normalized spacial score (nSPS) is 10.7. The van der Waals surface area contributed by atoms with Crippen molar-refractivity contribution in [1.82, 2.24) is 14.6 Å². The first-order valence-corrected chi connectivity index (χ1v) is 5.71. The molecule has 0 amide bonds. The monoisotopic (exact) mass is 257 g/mol. The van der Waals surface area contributed by atoms with E-state index in [4.69, 9.17) is 11.6 Å². The maximum absolute atomic E-state index is 10.8. The van der Waals surface area contributed by atoms with Crippen LogP contribution in [0.25, 0.3) is 17.0 Å². The molecule has 88 valence electrons. The molecule has 0 saturated heterocycles. The molecule has 0 fully saturated rings. The summed E-state index contributed by atoms with van der Waals surface area (Å²) in [7, 11) is 0. The Kier molecular flexibility index (Phi) is 2.57. The summed E-state index contributed by atoms with van der Waals surface area (Å²) in [5.41, 5.74) is 2.18. The SMILES string of the molecule is O=Cc1ccc2nnc(-c3ccc(Cl)cc3)n2c1. The predicted octanol–water partition coefficient (Wildman–Crippen LogP) is 2.86. The van der Waals surface area contributed by atoms with Crippen LogP contribution in [-0.4, -0.2) is 20.9 Å². The molecule has 0 bridgehead atoms. The van der Waals surface area contributed by atoms with Gasteiger partial charge >= 0.3 is 0 Å². The molecule has 0 saturated carbocycles. The van der Waals surface area contributed by atoms with Crippen LogP contribution in [0.15, 0.2) is 42.6 Å². The largest absolute Gasteiger partial charge is 0.298 e. The number of fused-ring (bicyclic) bond motifs is 1. The fourth-order valence-electron chi connectivity index (χ4n) is 1.77. The molecule has 0 radical (unpaired) electrons. The molecule has 0 aliphatic rings. The zero-order chi connectivity index (χ0) is 12.5. The van der Waals surface area contributed by atoms with Crippen LogP contribution in [0.2, 0.25) is 5.02 Å². The number of hydrogen-bond acceptors (Lipinski definition) is 3. The van der Waals surface area contributed by atoms with E-state index in [9.17, 15) is 4.79 Å². The second-order valence-corrected chi connectivity index (χ2v) is 4.28. The van der Waals surface area contributed by atoms with Crippen molar-refractivity contribution in [2.45, 2.75) is 0 Å². The van der Waals surface area contributed by atoms with Gasteiger partial charge in [0.2, 0.25) is 0 Å². The van der Waals surface area contributed by atoms with Crippen molar-refractivity contribution in [1.29, 1.82) is 0 Å². The highest BCUT2D eigenvalue weighted by Gasteiger charge is 2.08. The number of halogens is 1. The van der Waals surface area contributed by atoms with E-state index in [2.05, 4.69) is 10.2 Å². The molecule has 0 N–H and O–H groups in total. The van der Waals surface area contributed by atoms with E-state index in [0.29, 0.717) is 22.1 Å². The molecular formula is C13H8ClN3O. The van der Waals surface area contributed by atoms with Crippen LogP contribution in [0.1, 0.15) is 10.4 Å². The number of aromatic nitrogens is 3. The second kappa shape index (κ2) is 4.23. The highest BCUT2D eigenvalue weighted by Crippen LogP contribution is 2.20. The van der Waals surface area contributed by atoms with Gasteiger partial charge in [0.05, 0.1) is 0 Å². The Morgan fingerprint density at radius 3 is 2.56 bits per heavy atom. The van der Waals surface area contributed by atoms with E-state index in [0.717, 1.165) is 11.8 Å². The number of aldehydes is 1. The standard InChI is InChI=1S/C13H8ClN3O/c14-11-4-2-10(3-5-11)13-16-15-12-6-1-9(8-18)7-17(12)13/h1-8H. The average Bonchev–Trinajstić information content (AvgIpc) is 2.82. The lowest BCUT2D eigenvalue weighted by Gasteiger charge is -2.00. The van der Waals surface area contributed by atoms with Crippen LogP contribution >= 0.6 is 11.6 Å². The predicted molar refractivity (Wildman–Crippen MR) is 68.8 cm³/mol. The Hall–Kier alpha value is -2.20. The molecule has 18 heavy (non-hydrogen) atoms. The molecule has 3 rings (SSSR count). The maximum atomic E-state index is 10.8. The van der Waals surface area contributed by atoms with Gasteiger partial charge in [0.1, 0.15) is 0 Å². The van der Waals surface area contributed by atoms with Crippen molar-refractivity contribution in [2.24, 2.45) is 0 Å². The molecular weight excluding hydrogens is 250 g/mol. The Morgan fingerprint density at radius 2 is 1.83 bits per heavy atom. The minimum Gasteiger partial charge on any atom is -0.298 e. The molecule has 3 aromatic rings. The molecule has 1 aromatic carbocycles. The van der Waals surface area contributed by atoms with Gasteiger partial charge in [-0.25, -0.2) is 0 Å². The van der Waals surface area contributed by atoms with Crippen molar-refractivity contribution in [3.05, 3.63) is 53.2 Å². The van der Waals surface area contributed by atoms with Gasteiger partial charge in [0.25, 0.3) is 0 Å². The van der Waals surface area contributed by atoms with Crippen LogP contribution < -0.4 is 0 Å². The Bertz CT molecular complexity index is 719. The third-order valence-corrected chi connectivity index (χ3v) is 2.92. The summed E-state index contributed by atoms with van der Waals surface area (Å²) in [5, 5.41) is 8.85. The number of pyridine rings is 1. The molecule has 4 nitrogen and oxygen atoms in total. The number of rotatable bonds is 2. The van der Waals surface area contributed by atoms with Crippen molar-refractivity contribution in [2.75, 3.05) is 0 Å². The first kappa shape index (κ1) is 10.9. The second-order valence-electron chi connectivity index (χ2n) is 3.84. The lowest BCUT2D eigenvalue weighted by molar-refractivity contribution is 0.112. The molecule has 0 spiro atoms. The van der Waals surface area contributed by atoms with Gasteiger partial charge in [-0.1, -0.05) is 11.6 Å². The van der Waals surface area contributed by atoms with E-state index >= 15 is 0 Å². The topological polar surface area (TPSA) is 47.3 Å². The van der Waals surface area contributed by atoms with Gasteiger partial charge in [-0.3, -0.25) is 9.20 Å². The first-order chi connectivity index (χ1) is 8.78. The van der Waals surface area contributed by atoms with Crippen LogP contribution in [0.5, 0.6) is 0 Å². The Morgan fingerprint density at radius 1 is 1.06 bits per heavy atom. The zero-order valence-electron chi connectivity index (χ0n) is 9.25. The summed E-state index contributed by atoms with van der Waals surface area (Å²) >= 11 is 5.85. The molecule has 5 heteroatoms. The minimum absolute atomic E-state index is 0.581. The van der Waals surface area contributed by atoms with Gasteiger partial charge in [0, 0.05) is 22.3 Å². The fourth-order valence-corrected chi connectivity index (χ4v) is 1.90. The van der Waals surface area contributed by atoms with Crippen LogP contribution in [-0.2, 0) is 0 Å². The molecule has 0 aliphatic heterocycles. The summed E-state index contributed by atoms with van der Waals surface area (Å²) in [6.07, 6.45) is 2.51. The van der Waals surface area contributed by atoms with Gasteiger partial charge in [-0.2, -0.15) is 0 Å². The highest BCUT2D eigenvalue weighted by molar-refractivity contribution is 6.30.